The molecule has 0 aliphatic rings. The van der Waals surface area contributed by atoms with Crippen LogP contribution >= 0.6 is 11.8 Å². The van der Waals surface area contributed by atoms with Crippen LogP contribution in [0, 0.1) is 0 Å². The number of unbranched alkanes of at least 4 members (excludes halogenated alkanes) is 1. The van der Waals surface area contributed by atoms with E-state index in [1.54, 1.807) is 0 Å². The number of ether oxygens (including phenoxy) is 1. The Morgan fingerprint density at radius 3 is 2.68 bits per heavy atom. The van der Waals surface area contributed by atoms with Crippen molar-refractivity contribution >= 4 is 17.7 Å². The van der Waals surface area contributed by atoms with Gasteiger partial charge in [-0.1, -0.05) is 25.1 Å². The molecule has 0 fully saturated rings. The first-order valence-electron chi connectivity index (χ1n) is 7.15. The van der Waals surface area contributed by atoms with Crippen LogP contribution in [-0.4, -0.2) is 33.0 Å². The molecule has 22 heavy (non-hydrogen) atoms. The molecule has 0 spiro atoms. The number of thioether (sulfide) groups is 1. The molecule has 2 N–H and O–H groups in total. The van der Waals surface area contributed by atoms with Gasteiger partial charge in [-0.15, -0.1) is 10.2 Å². The van der Waals surface area contributed by atoms with Crippen molar-refractivity contribution in [1.82, 2.24) is 14.8 Å². The van der Waals surface area contributed by atoms with Crippen molar-refractivity contribution in [3.8, 4) is 17.1 Å². The van der Waals surface area contributed by atoms with E-state index in [2.05, 4.69) is 17.1 Å². The van der Waals surface area contributed by atoms with Crippen molar-refractivity contribution in [3.63, 3.8) is 0 Å². The van der Waals surface area contributed by atoms with Crippen LogP contribution in [0.1, 0.15) is 19.8 Å². The summed E-state index contributed by atoms with van der Waals surface area (Å²) in [5.74, 6) is 1.41. The second kappa shape index (κ2) is 7.84. The minimum absolute atomic E-state index is 0.191. The fourth-order valence-electron chi connectivity index (χ4n) is 1.86. The predicted octanol–water partition coefficient (Wildman–Crippen LogP) is 2.24. The fraction of sp³-hybridized carbons (Fsp3) is 0.400. The first kappa shape index (κ1) is 16.4. The molecule has 7 heteroatoms. The van der Waals surface area contributed by atoms with Crippen LogP contribution < -0.4 is 10.5 Å². The first-order chi connectivity index (χ1) is 10.6. The van der Waals surface area contributed by atoms with Gasteiger partial charge in [0.1, 0.15) is 5.75 Å². The third kappa shape index (κ3) is 4.24. The lowest BCUT2D eigenvalue weighted by atomic mass is 10.2. The van der Waals surface area contributed by atoms with Gasteiger partial charge in [0.05, 0.1) is 12.4 Å². The van der Waals surface area contributed by atoms with Crippen molar-refractivity contribution in [2.24, 2.45) is 12.8 Å². The van der Waals surface area contributed by atoms with Gasteiger partial charge in [-0.25, -0.2) is 0 Å². The standard InChI is InChI=1S/C15H20N4O2S/c1-3-4-9-21-12-7-5-11(6-8-12)14-17-18-15(19(14)2)22-10-13(16)20/h5-8H,3-4,9-10H2,1-2H3,(H2,16,20). The van der Waals surface area contributed by atoms with E-state index in [-0.39, 0.29) is 11.7 Å². The van der Waals surface area contributed by atoms with Crippen LogP contribution in [0.3, 0.4) is 0 Å². The van der Waals surface area contributed by atoms with Crippen molar-refractivity contribution in [3.05, 3.63) is 24.3 Å². The van der Waals surface area contributed by atoms with Crippen molar-refractivity contribution in [2.75, 3.05) is 12.4 Å². The third-order valence-corrected chi connectivity index (χ3v) is 4.10. The second-order valence-corrected chi connectivity index (χ2v) is 5.79. The number of rotatable bonds is 8. The molecule has 1 aromatic carbocycles. The van der Waals surface area contributed by atoms with E-state index in [0.29, 0.717) is 5.16 Å². The van der Waals surface area contributed by atoms with Gasteiger partial charge < -0.3 is 15.0 Å². The molecule has 118 valence electrons. The second-order valence-electron chi connectivity index (χ2n) is 4.85. The van der Waals surface area contributed by atoms with Crippen LogP contribution in [0.4, 0.5) is 0 Å². The molecule has 0 bridgehead atoms. The molecule has 0 saturated heterocycles. The van der Waals surface area contributed by atoms with Crippen LogP contribution in [0.2, 0.25) is 0 Å². The maximum atomic E-state index is 10.8. The molecule has 2 aromatic rings. The molecule has 6 nitrogen and oxygen atoms in total. The van der Waals surface area contributed by atoms with Crippen LogP contribution in [0.5, 0.6) is 5.75 Å². The minimum Gasteiger partial charge on any atom is -0.494 e. The molecule has 0 aliphatic carbocycles. The van der Waals surface area contributed by atoms with Crippen LogP contribution in [-0.2, 0) is 11.8 Å². The zero-order valence-electron chi connectivity index (χ0n) is 12.8. The summed E-state index contributed by atoms with van der Waals surface area (Å²) >= 11 is 1.28. The van der Waals surface area contributed by atoms with Crippen molar-refractivity contribution < 1.29 is 9.53 Å². The SMILES string of the molecule is CCCCOc1ccc(-c2nnc(SCC(N)=O)n2C)cc1. The maximum Gasteiger partial charge on any atom is 0.227 e. The molecule has 2 rings (SSSR count). The average Bonchev–Trinajstić information content (AvgIpc) is 2.87. The van der Waals surface area contributed by atoms with Crippen molar-refractivity contribution in [1.29, 1.82) is 0 Å². The smallest absolute Gasteiger partial charge is 0.227 e. The van der Waals surface area contributed by atoms with E-state index in [9.17, 15) is 4.79 Å². The summed E-state index contributed by atoms with van der Waals surface area (Å²) in [4.78, 5) is 10.8. The quantitative estimate of drug-likeness (QED) is 0.596. The van der Waals surface area contributed by atoms with Gasteiger partial charge in [-0.05, 0) is 30.7 Å². The van der Waals surface area contributed by atoms with Crippen molar-refractivity contribution in [2.45, 2.75) is 24.9 Å². The normalized spacial score (nSPS) is 10.6. The Morgan fingerprint density at radius 1 is 1.32 bits per heavy atom. The molecule has 1 amide bonds. The van der Waals surface area contributed by atoms with E-state index in [1.807, 2.05) is 35.9 Å². The van der Waals surface area contributed by atoms with E-state index in [0.717, 1.165) is 36.6 Å². The van der Waals surface area contributed by atoms with Gasteiger partial charge in [0.15, 0.2) is 11.0 Å². The number of hydrogen-bond acceptors (Lipinski definition) is 5. The zero-order chi connectivity index (χ0) is 15.9. The first-order valence-corrected chi connectivity index (χ1v) is 8.14. The predicted molar refractivity (Wildman–Crippen MR) is 86.8 cm³/mol. The molecule has 1 heterocycles. The van der Waals surface area contributed by atoms with E-state index >= 15 is 0 Å². The minimum atomic E-state index is -0.372. The van der Waals surface area contributed by atoms with Gasteiger partial charge >= 0.3 is 0 Å². The summed E-state index contributed by atoms with van der Waals surface area (Å²) in [5, 5.41) is 8.92. The molecular formula is C15H20N4O2S. The number of aromatic nitrogens is 3. The number of carbonyl (C=O) groups is 1. The van der Waals surface area contributed by atoms with Gasteiger partial charge in [0.25, 0.3) is 0 Å². The highest BCUT2D eigenvalue weighted by molar-refractivity contribution is 7.99. The van der Waals surface area contributed by atoms with Gasteiger partial charge in [-0.2, -0.15) is 0 Å². The number of primary amides is 1. The number of amides is 1. The van der Waals surface area contributed by atoms with E-state index in [1.165, 1.54) is 11.8 Å². The zero-order valence-corrected chi connectivity index (χ0v) is 13.6. The Hall–Kier alpha value is -2.02. The Morgan fingerprint density at radius 2 is 2.05 bits per heavy atom. The lowest BCUT2D eigenvalue weighted by Gasteiger charge is -2.07. The number of carbonyl (C=O) groups excluding carboxylic acids is 1. The molecule has 0 unspecified atom stereocenters. The third-order valence-electron chi connectivity index (χ3n) is 3.06. The molecule has 0 radical (unpaired) electrons. The number of nitrogens with two attached hydrogens (primary N) is 1. The highest BCUT2D eigenvalue weighted by atomic mass is 32.2. The summed E-state index contributed by atoms with van der Waals surface area (Å²) in [6, 6.07) is 7.76. The van der Waals surface area contributed by atoms with Crippen LogP contribution in [0.15, 0.2) is 29.4 Å². The Bertz CT molecular complexity index is 625. The summed E-state index contributed by atoms with van der Waals surface area (Å²) in [7, 11) is 1.87. The molecule has 0 atom stereocenters. The van der Waals surface area contributed by atoms with Gasteiger partial charge in [0.2, 0.25) is 5.91 Å². The molecular weight excluding hydrogens is 300 g/mol. The fourth-order valence-corrected chi connectivity index (χ4v) is 2.51. The maximum absolute atomic E-state index is 10.8. The van der Waals surface area contributed by atoms with E-state index < -0.39 is 0 Å². The largest absolute Gasteiger partial charge is 0.494 e. The summed E-state index contributed by atoms with van der Waals surface area (Å²) in [6.45, 7) is 2.86. The number of nitrogens with zero attached hydrogens (tertiary/aromatic N) is 3. The highest BCUT2D eigenvalue weighted by Crippen LogP contribution is 2.24. The summed E-state index contributed by atoms with van der Waals surface area (Å²) in [5.41, 5.74) is 6.09. The number of benzene rings is 1. The molecule has 0 aliphatic heterocycles. The monoisotopic (exact) mass is 320 g/mol. The average molecular weight is 320 g/mol. The van der Waals surface area contributed by atoms with Crippen LogP contribution in [0.25, 0.3) is 11.4 Å². The topological polar surface area (TPSA) is 83.0 Å². The molecule has 0 saturated carbocycles. The molecule has 1 aromatic heterocycles. The summed E-state index contributed by atoms with van der Waals surface area (Å²) < 4.78 is 7.49. The summed E-state index contributed by atoms with van der Waals surface area (Å²) in [6.07, 6.45) is 2.16. The lowest BCUT2D eigenvalue weighted by Crippen LogP contribution is -2.13. The van der Waals surface area contributed by atoms with Gasteiger partial charge in [-0.3, -0.25) is 4.79 Å². The Balaban J connectivity index is 2.06. The number of hydrogen-bond donors (Lipinski definition) is 1. The lowest BCUT2D eigenvalue weighted by molar-refractivity contribution is -0.115. The Kier molecular flexibility index (Phi) is 5.83. The van der Waals surface area contributed by atoms with E-state index in [4.69, 9.17) is 10.5 Å². The Labute approximate surface area is 134 Å². The van der Waals surface area contributed by atoms with Gasteiger partial charge in [0, 0.05) is 12.6 Å². The highest BCUT2D eigenvalue weighted by Gasteiger charge is 2.12.